The third-order valence-corrected chi connectivity index (χ3v) is 3.25. The van der Waals surface area contributed by atoms with Gasteiger partial charge in [-0.15, -0.1) is 0 Å². The molecule has 0 spiro atoms. The molecule has 0 aliphatic rings. The third kappa shape index (κ3) is 5.30. The highest BCUT2D eigenvalue weighted by Gasteiger charge is 2.13. The summed E-state index contributed by atoms with van der Waals surface area (Å²) < 4.78 is 10.6. The average molecular weight is 333 g/mol. The Morgan fingerprint density at radius 1 is 1.13 bits per heavy atom. The lowest BCUT2D eigenvalue weighted by Gasteiger charge is -2.12. The van der Waals surface area contributed by atoms with E-state index in [1.807, 2.05) is 24.3 Å². The molecule has 2 aromatic rings. The van der Waals surface area contributed by atoms with Gasteiger partial charge in [0.15, 0.2) is 6.10 Å². The largest absolute Gasteiger partial charge is 0.497 e. The predicted octanol–water partition coefficient (Wildman–Crippen LogP) is 3.27. The first-order valence-corrected chi connectivity index (χ1v) is 7.35. The number of hydrogen-bond acceptors (Lipinski definition) is 4. The number of nitrogens with one attached hydrogen (secondary N) is 1. The van der Waals surface area contributed by atoms with E-state index in [1.165, 1.54) is 0 Å². The van der Waals surface area contributed by atoms with E-state index in [0.29, 0.717) is 10.8 Å². The quantitative estimate of drug-likeness (QED) is 0.652. The Labute approximate surface area is 139 Å². The van der Waals surface area contributed by atoms with Crippen LogP contribution in [0.2, 0.25) is 5.02 Å². The molecule has 1 amide bonds. The summed E-state index contributed by atoms with van der Waals surface area (Å²) in [7, 11) is 1.60. The van der Waals surface area contributed by atoms with Gasteiger partial charge in [0.1, 0.15) is 11.5 Å². The van der Waals surface area contributed by atoms with E-state index in [9.17, 15) is 4.79 Å². The van der Waals surface area contributed by atoms with Crippen LogP contribution in [0.3, 0.4) is 0 Å². The predicted molar refractivity (Wildman–Crippen MR) is 90.3 cm³/mol. The van der Waals surface area contributed by atoms with Crippen molar-refractivity contribution in [2.24, 2.45) is 5.10 Å². The Hall–Kier alpha value is -2.53. The summed E-state index contributed by atoms with van der Waals surface area (Å²) in [5.41, 5.74) is 3.28. The number of halogens is 1. The average Bonchev–Trinajstić information content (AvgIpc) is 2.57. The van der Waals surface area contributed by atoms with E-state index in [2.05, 4.69) is 10.5 Å². The molecule has 120 valence electrons. The van der Waals surface area contributed by atoms with Gasteiger partial charge in [-0.2, -0.15) is 5.10 Å². The normalized spacial score (nSPS) is 12.0. The minimum absolute atomic E-state index is 0.343. The first kappa shape index (κ1) is 16.8. The van der Waals surface area contributed by atoms with E-state index in [0.717, 1.165) is 11.3 Å². The molecular formula is C17H17ClN2O3. The lowest BCUT2D eigenvalue weighted by molar-refractivity contribution is -0.127. The molecule has 0 fully saturated rings. The number of amides is 1. The van der Waals surface area contributed by atoms with Crippen molar-refractivity contribution >= 4 is 23.7 Å². The van der Waals surface area contributed by atoms with Crippen molar-refractivity contribution in [3.63, 3.8) is 0 Å². The Morgan fingerprint density at radius 2 is 1.74 bits per heavy atom. The summed E-state index contributed by atoms with van der Waals surface area (Å²) in [6.45, 7) is 1.65. The molecule has 1 atom stereocenters. The van der Waals surface area contributed by atoms with Crippen LogP contribution in [-0.2, 0) is 4.79 Å². The topological polar surface area (TPSA) is 59.9 Å². The van der Waals surface area contributed by atoms with Crippen molar-refractivity contribution in [3.05, 3.63) is 59.1 Å². The fourth-order valence-electron chi connectivity index (χ4n) is 1.72. The minimum Gasteiger partial charge on any atom is -0.497 e. The Morgan fingerprint density at radius 3 is 2.35 bits per heavy atom. The summed E-state index contributed by atoms with van der Waals surface area (Å²) in [6.07, 6.45) is 0.871. The maximum Gasteiger partial charge on any atom is 0.280 e. The Balaban J connectivity index is 1.85. The summed E-state index contributed by atoms with van der Waals surface area (Å²) in [5.74, 6) is 0.983. The maximum atomic E-state index is 11.9. The molecule has 0 unspecified atom stereocenters. The van der Waals surface area contributed by atoms with Gasteiger partial charge in [-0.25, -0.2) is 5.43 Å². The van der Waals surface area contributed by atoms with Gasteiger partial charge in [0, 0.05) is 5.02 Å². The van der Waals surface area contributed by atoms with Gasteiger partial charge < -0.3 is 9.47 Å². The van der Waals surface area contributed by atoms with Crippen LogP contribution in [0.4, 0.5) is 0 Å². The molecule has 0 radical (unpaired) electrons. The molecule has 0 aromatic heterocycles. The molecule has 0 bridgehead atoms. The van der Waals surface area contributed by atoms with E-state index < -0.39 is 6.10 Å². The second kappa shape index (κ2) is 8.19. The van der Waals surface area contributed by atoms with Crippen LogP contribution in [0.25, 0.3) is 0 Å². The van der Waals surface area contributed by atoms with Crippen molar-refractivity contribution in [1.29, 1.82) is 0 Å². The number of benzene rings is 2. The molecular weight excluding hydrogens is 316 g/mol. The molecule has 2 aromatic carbocycles. The van der Waals surface area contributed by atoms with Crippen molar-refractivity contribution in [1.82, 2.24) is 5.43 Å². The first-order chi connectivity index (χ1) is 11.1. The number of nitrogens with zero attached hydrogens (tertiary/aromatic N) is 1. The fraction of sp³-hybridized carbons (Fsp3) is 0.176. The maximum absolute atomic E-state index is 11.9. The molecule has 0 aliphatic carbocycles. The first-order valence-electron chi connectivity index (χ1n) is 6.97. The number of ether oxygens (including phenoxy) is 2. The van der Waals surface area contributed by atoms with E-state index in [-0.39, 0.29) is 5.91 Å². The molecule has 5 nitrogen and oxygen atoms in total. The second-order valence-corrected chi connectivity index (χ2v) is 5.16. The van der Waals surface area contributed by atoms with Gasteiger partial charge in [0.25, 0.3) is 5.91 Å². The number of hydrazone groups is 1. The number of hydrogen-bond donors (Lipinski definition) is 1. The van der Waals surface area contributed by atoms with Crippen molar-refractivity contribution in [2.75, 3.05) is 7.11 Å². The van der Waals surface area contributed by atoms with Crippen LogP contribution in [-0.4, -0.2) is 25.3 Å². The minimum atomic E-state index is -0.677. The van der Waals surface area contributed by atoms with Crippen LogP contribution in [0.5, 0.6) is 11.5 Å². The van der Waals surface area contributed by atoms with Crippen LogP contribution in [0.1, 0.15) is 12.5 Å². The zero-order valence-electron chi connectivity index (χ0n) is 12.8. The SMILES string of the molecule is COc1ccc(/C=N\NC(=O)[C@@H](C)Oc2ccc(Cl)cc2)cc1. The summed E-state index contributed by atoms with van der Waals surface area (Å²) in [5, 5.41) is 4.52. The van der Waals surface area contributed by atoms with Gasteiger partial charge >= 0.3 is 0 Å². The highest BCUT2D eigenvalue weighted by molar-refractivity contribution is 6.30. The number of carbonyl (C=O) groups excluding carboxylic acids is 1. The zero-order chi connectivity index (χ0) is 16.7. The highest BCUT2D eigenvalue weighted by atomic mass is 35.5. The van der Waals surface area contributed by atoms with E-state index in [4.69, 9.17) is 21.1 Å². The Bertz CT molecular complexity index is 669. The van der Waals surface area contributed by atoms with Gasteiger partial charge in [-0.3, -0.25) is 4.79 Å². The van der Waals surface area contributed by atoms with E-state index in [1.54, 1.807) is 44.5 Å². The standard InChI is InChI=1S/C17H17ClN2O3/c1-12(23-16-9-5-14(18)6-10-16)17(21)20-19-11-13-3-7-15(22-2)8-4-13/h3-12H,1-2H3,(H,20,21)/b19-11-/t12-/m1/s1. The summed E-state index contributed by atoms with van der Waals surface area (Å²) in [4.78, 5) is 11.9. The summed E-state index contributed by atoms with van der Waals surface area (Å²) >= 11 is 5.79. The van der Waals surface area contributed by atoms with Crippen LogP contribution < -0.4 is 14.9 Å². The molecule has 0 saturated heterocycles. The lowest BCUT2D eigenvalue weighted by atomic mass is 10.2. The monoisotopic (exact) mass is 332 g/mol. The zero-order valence-corrected chi connectivity index (χ0v) is 13.6. The van der Waals surface area contributed by atoms with Crippen LogP contribution in [0.15, 0.2) is 53.6 Å². The molecule has 0 saturated carbocycles. The van der Waals surface area contributed by atoms with Gasteiger partial charge in [-0.05, 0) is 61.0 Å². The third-order valence-electron chi connectivity index (χ3n) is 3.00. The van der Waals surface area contributed by atoms with Crippen LogP contribution >= 0.6 is 11.6 Å². The number of rotatable bonds is 6. The molecule has 23 heavy (non-hydrogen) atoms. The number of methoxy groups -OCH3 is 1. The number of carbonyl (C=O) groups is 1. The molecule has 1 N–H and O–H groups in total. The molecule has 2 rings (SSSR count). The van der Waals surface area contributed by atoms with Crippen LogP contribution in [0, 0.1) is 0 Å². The van der Waals surface area contributed by atoms with Crippen molar-refractivity contribution in [2.45, 2.75) is 13.0 Å². The summed E-state index contributed by atoms with van der Waals surface area (Å²) in [6, 6.07) is 14.1. The van der Waals surface area contributed by atoms with Gasteiger partial charge in [-0.1, -0.05) is 11.6 Å². The fourth-order valence-corrected chi connectivity index (χ4v) is 1.85. The molecule has 0 aliphatic heterocycles. The van der Waals surface area contributed by atoms with Gasteiger partial charge in [0.05, 0.1) is 13.3 Å². The molecule has 6 heteroatoms. The lowest BCUT2D eigenvalue weighted by Crippen LogP contribution is -2.33. The van der Waals surface area contributed by atoms with Crippen molar-refractivity contribution < 1.29 is 14.3 Å². The highest BCUT2D eigenvalue weighted by Crippen LogP contribution is 2.16. The van der Waals surface area contributed by atoms with Crippen molar-refractivity contribution in [3.8, 4) is 11.5 Å². The smallest absolute Gasteiger partial charge is 0.280 e. The Kier molecular flexibility index (Phi) is 6.00. The second-order valence-electron chi connectivity index (χ2n) is 4.72. The van der Waals surface area contributed by atoms with E-state index >= 15 is 0 Å². The van der Waals surface area contributed by atoms with Gasteiger partial charge in [0.2, 0.25) is 0 Å². The molecule has 0 heterocycles.